The fraction of sp³-hybridized carbons (Fsp3) is 0.615. The molecule has 2 N–H and O–H groups in total. The molecule has 1 unspecified atom stereocenters. The van der Waals surface area contributed by atoms with Gasteiger partial charge in [0.2, 0.25) is 0 Å². The summed E-state index contributed by atoms with van der Waals surface area (Å²) in [4.78, 5) is 47.6. The Bertz CT molecular complexity index is 1010. The van der Waals surface area contributed by atoms with Gasteiger partial charge in [-0.2, -0.15) is 0 Å². The van der Waals surface area contributed by atoms with Gasteiger partial charge in [-0.05, 0) is 42.7 Å². The summed E-state index contributed by atoms with van der Waals surface area (Å²) < 4.78 is 11.1. The van der Waals surface area contributed by atoms with Crippen LogP contribution in [0.3, 0.4) is 0 Å². The maximum Gasteiger partial charge on any atom is 0.414 e. The minimum Gasteiger partial charge on any atom is -0.473 e. The molecule has 1 amide bonds. The number of allylic oxidation sites excluding steroid dienone is 1. The zero-order valence-corrected chi connectivity index (χ0v) is 20.7. The monoisotopic (exact) mass is 502 g/mol. The summed E-state index contributed by atoms with van der Waals surface area (Å²) in [5, 5.41) is 14.8. The van der Waals surface area contributed by atoms with E-state index in [1.165, 1.54) is 25.5 Å². The number of fused-ring (bicyclic) bond motifs is 2. The summed E-state index contributed by atoms with van der Waals surface area (Å²) >= 11 is 0. The quantitative estimate of drug-likeness (QED) is 0.363. The molecule has 5 rings (SSSR count). The molecule has 0 radical (unpaired) electrons. The van der Waals surface area contributed by atoms with Crippen molar-refractivity contribution in [3.05, 3.63) is 35.8 Å². The van der Waals surface area contributed by atoms with Gasteiger partial charge in [-0.1, -0.05) is 31.9 Å². The van der Waals surface area contributed by atoms with Crippen molar-refractivity contribution in [3.63, 3.8) is 0 Å². The minimum absolute atomic E-state index is 0.0309. The van der Waals surface area contributed by atoms with Gasteiger partial charge < -0.3 is 24.3 Å². The summed E-state index contributed by atoms with van der Waals surface area (Å²) in [5.74, 6) is -2.63. The first-order valence-electron chi connectivity index (χ1n) is 12.5. The third-order valence-corrected chi connectivity index (χ3v) is 8.11. The molecule has 5 atom stereocenters. The molecule has 10 heteroatoms. The van der Waals surface area contributed by atoms with E-state index >= 15 is 0 Å². The van der Waals surface area contributed by atoms with E-state index in [0.717, 1.165) is 26.1 Å². The number of hydrogen-bond acceptors (Lipinski definition) is 7. The number of carbonyl (C=O) groups excluding carboxylic acids is 2. The van der Waals surface area contributed by atoms with Crippen molar-refractivity contribution in [2.45, 2.75) is 45.6 Å². The van der Waals surface area contributed by atoms with Gasteiger partial charge in [0.25, 0.3) is 5.91 Å². The van der Waals surface area contributed by atoms with Crippen LogP contribution in [0.4, 0.5) is 0 Å². The van der Waals surface area contributed by atoms with Gasteiger partial charge in [-0.15, -0.1) is 0 Å². The number of nitrogens with zero attached hydrogens (tertiary/aromatic N) is 2. The summed E-state index contributed by atoms with van der Waals surface area (Å²) in [5.41, 5.74) is 1.76. The highest BCUT2D eigenvalue weighted by Crippen LogP contribution is 2.54. The molecular weight excluding hydrogens is 468 g/mol. The molecule has 36 heavy (non-hydrogen) atoms. The van der Waals surface area contributed by atoms with Gasteiger partial charge in [0.15, 0.2) is 5.76 Å². The number of esters is 1. The molecule has 4 aliphatic rings. The first kappa shape index (κ1) is 25.9. The number of hydrogen-bond donors (Lipinski definition) is 2. The minimum atomic E-state index is -1.82. The molecule has 2 aliphatic heterocycles. The van der Waals surface area contributed by atoms with Crippen molar-refractivity contribution < 1.29 is 38.5 Å². The zero-order chi connectivity index (χ0) is 26.0. The lowest BCUT2D eigenvalue weighted by Crippen LogP contribution is -2.50. The second kappa shape index (κ2) is 10.5. The third-order valence-electron chi connectivity index (χ3n) is 8.11. The first-order valence-corrected chi connectivity index (χ1v) is 12.5. The van der Waals surface area contributed by atoms with Crippen LogP contribution in [0.15, 0.2) is 34.5 Å². The van der Waals surface area contributed by atoms with Crippen LogP contribution >= 0.6 is 0 Å². The van der Waals surface area contributed by atoms with Crippen LogP contribution in [0, 0.1) is 23.2 Å². The Kier molecular flexibility index (Phi) is 7.54. The second-order valence-electron chi connectivity index (χ2n) is 10.5. The van der Waals surface area contributed by atoms with Crippen LogP contribution in [-0.4, -0.2) is 82.7 Å². The average molecular weight is 503 g/mol. The number of carboxylic acid groups (broad SMARTS) is 2. The molecule has 3 heterocycles. The van der Waals surface area contributed by atoms with Gasteiger partial charge in [-0.25, -0.2) is 9.59 Å². The van der Waals surface area contributed by atoms with Crippen molar-refractivity contribution in [2.75, 3.05) is 32.7 Å². The largest absolute Gasteiger partial charge is 0.473 e. The van der Waals surface area contributed by atoms with Crippen molar-refractivity contribution in [3.8, 4) is 0 Å². The van der Waals surface area contributed by atoms with Gasteiger partial charge in [0, 0.05) is 38.6 Å². The molecule has 10 nitrogen and oxygen atoms in total. The summed E-state index contributed by atoms with van der Waals surface area (Å²) in [6.07, 6.45) is 8.69. The fourth-order valence-electron chi connectivity index (χ4n) is 6.23. The smallest absolute Gasteiger partial charge is 0.414 e. The summed E-state index contributed by atoms with van der Waals surface area (Å²) in [6.45, 7) is 8.29. The van der Waals surface area contributed by atoms with E-state index in [9.17, 15) is 9.59 Å². The summed E-state index contributed by atoms with van der Waals surface area (Å²) in [7, 11) is 0. The molecule has 196 valence electrons. The van der Waals surface area contributed by atoms with E-state index in [2.05, 4.69) is 24.8 Å². The molecule has 2 aliphatic carbocycles. The lowest BCUT2D eigenvalue weighted by molar-refractivity contribution is -0.159. The Morgan fingerprint density at radius 3 is 2.44 bits per heavy atom. The molecule has 2 saturated heterocycles. The van der Waals surface area contributed by atoms with Crippen LogP contribution in [0.5, 0.6) is 0 Å². The van der Waals surface area contributed by atoms with E-state index in [4.69, 9.17) is 29.0 Å². The predicted octanol–water partition coefficient (Wildman–Crippen LogP) is 2.51. The number of furan rings is 1. The van der Waals surface area contributed by atoms with E-state index in [1.54, 1.807) is 17.7 Å². The molecular formula is C26H34N2O8. The SMILES string of the molecule is C[C@H]1CCC[C@]2(C)C[C@H]3OC(=O)C(CN4CCN(C(=O)c5ccco5)CC4)[C@H]3C=C12.O=C(O)C(=O)O. The lowest BCUT2D eigenvalue weighted by Gasteiger charge is -2.46. The van der Waals surface area contributed by atoms with E-state index in [-0.39, 0.29) is 35.2 Å². The molecule has 0 bridgehead atoms. The van der Waals surface area contributed by atoms with Crippen molar-refractivity contribution >= 4 is 23.8 Å². The Morgan fingerprint density at radius 2 is 1.83 bits per heavy atom. The number of carbonyl (C=O) groups is 4. The fourth-order valence-corrected chi connectivity index (χ4v) is 6.23. The Hall–Kier alpha value is -3.14. The number of rotatable bonds is 3. The van der Waals surface area contributed by atoms with Crippen LogP contribution < -0.4 is 0 Å². The average Bonchev–Trinajstić information content (AvgIpc) is 3.47. The topological polar surface area (TPSA) is 138 Å². The van der Waals surface area contributed by atoms with Crippen molar-refractivity contribution in [1.29, 1.82) is 0 Å². The maximum absolute atomic E-state index is 12.8. The van der Waals surface area contributed by atoms with Gasteiger partial charge in [0.05, 0.1) is 12.2 Å². The normalized spacial score (nSPS) is 31.8. The maximum atomic E-state index is 12.8. The van der Waals surface area contributed by atoms with Crippen LogP contribution in [0.25, 0.3) is 0 Å². The third kappa shape index (κ3) is 5.33. The van der Waals surface area contributed by atoms with Crippen molar-refractivity contribution in [2.24, 2.45) is 23.2 Å². The van der Waals surface area contributed by atoms with Gasteiger partial charge in [-0.3, -0.25) is 14.5 Å². The molecule has 1 saturated carbocycles. The molecule has 1 aromatic heterocycles. The van der Waals surface area contributed by atoms with E-state index in [0.29, 0.717) is 24.8 Å². The highest BCUT2D eigenvalue weighted by atomic mass is 16.6. The summed E-state index contributed by atoms with van der Waals surface area (Å²) in [6, 6.07) is 3.45. The van der Waals surface area contributed by atoms with Crippen molar-refractivity contribution in [1.82, 2.24) is 9.80 Å². The second-order valence-corrected chi connectivity index (χ2v) is 10.5. The van der Waals surface area contributed by atoms with E-state index in [1.807, 2.05) is 4.90 Å². The van der Waals surface area contributed by atoms with Crippen LogP contribution in [0.2, 0.25) is 0 Å². The Balaban J connectivity index is 0.000000455. The lowest BCUT2D eigenvalue weighted by atomic mass is 9.59. The predicted molar refractivity (Wildman–Crippen MR) is 127 cm³/mol. The number of amides is 1. The van der Waals surface area contributed by atoms with Gasteiger partial charge in [0.1, 0.15) is 6.10 Å². The Labute approximate surface area is 209 Å². The number of ether oxygens (including phenoxy) is 1. The number of aliphatic carboxylic acids is 2. The highest BCUT2D eigenvalue weighted by molar-refractivity contribution is 6.27. The molecule has 1 aromatic rings. The van der Waals surface area contributed by atoms with Crippen LogP contribution in [0.1, 0.15) is 50.1 Å². The molecule has 0 aromatic carbocycles. The van der Waals surface area contributed by atoms with Crippen LogP contribution in [-0.2, 0) is 19.1 Å². The molecule has 3 fully saturated rings. The Morgan fingerprint density at radius 1 is 1.14 bits per heavy atom. The number of piperazine rings is 1. The molecule has 0 spiro atoms. The standard InChI is InChI=1S/C24H32N2O4.C2H2O4/c1-16-5-3-7-24(2)14-21-17(13-19(16)24)18(23(28)30-21)15-25-8-10-26(11-9-25)22(27)20-6-4-12-29-20;3-1(4)2(5)6/h4,6,12-13,16-18,21H,3,5,7-11,14-15H2,1-2H3;(H,3,4)(H,5,6)/t16-,17+,18?,21+,24+;/m0./s1. The zero-order valence-electron chi connectivity index (χ0n) is 20.7. The van der Waals surface area contributed by atoms with E-state index < -0.39 is 11.9 Å². The van der Waals surface area contributed by atoms with Gasteiger partial charge >= 0.3 is 17.9 Å². The first-order chi connectivity index (χ1) is 17.1. The number of carboxylic acids is 2. The highest BCUT2D eigenvalue weighted by Gasteiger charge is 2.52.